The van der Waals surface area contributed by atoms with Crippen LogP contribution in [0.4, 0.5) is 18.9 Å². The summed E-state index contributed by atoms with van der Waals surface area (Å²) in [5.74, 6) is -1.06. The Hall–Kier alpha value is -2.83. The molecule has 1 heterocycles. The summed E-state index contributed by atoms with van der Waals surface area (Å²) in [6, 6.07) is 14.2. The molecule has 2 aromatic rings. The van der Waals surface area contributed by atoms with Crippen LogP contribution in [0.15, 0.2) is 54.6 Å². The Morgan fingerprint density at radius 1 is 1.14 bits per heavy atom. The average Bonchev–Trinajstić information content (AvgIpc) is 3.07. The third-order valence-corrected chi connectivity index (χ3v) is 4.87. The van der Waals surface area contributed by atoms with E-state index in [9.17, 15) is 22.8 Å². The van der Waals surface area contributed by atoms with E-state index < -0.39 is 17.7 Å². The van der Waals surface area contributed by atoms with Crippen LogP contribution in [0.3, 0.4) is 0 Å². The van der Waals surface area contributed by atoms with Crippen LogP contribution in [0.1, 0.15) is 24.5 Å². The molecule has 28 heavy (non-hydrogen) atoms. The van der Waals surface area contributed by atoms with E-state index in [4.69, 9.17) is 0 Å². The van der Waals surface area contributed by atoms with Gasteiger partial charge in [0.25, 0.3) is 0 Å². The quantitative estimate of drug-likeness (QED) is 0.771. The first-order valence-corrected chi connectivity index (χ1v) is 9.10. The minimum absolute atomic E-state index is 0.000366. The molecule has 1 unspecified atom stereocenters. The highest BCUT2D eigenvalue weighted by Gasteiger charge is 2.38. The number of hydrogen-bond acceptors (Lipinski definition) is 2. The molecular formula is C21H21F3N2O2. The molecule has 0 N–H and O–H groups in total. The first-order valence-electron chi connectivity index (χ1n) is 9.10. The molecule has 7 heteroatoms. The van der Waals surface area contributed by atoms with Crippen LogP contribution in [0.2, 0.25) is 0 Å². The Morgan fingerprint density at radius 2 is 1.86 bits per heavy atom. The molecule has 1 fully saturated rings. The van der Waals surface area contributed by atoms with Crippen LogP contribution >= 0.6 is 0 Å². The van der Waals surface area contributed by atoms with Crippen molar-refractivity contribution in [3.63, 3.8) is 0 Å². The van der Waals surface area contributed by atoms with Crippen LogP contribution in [-0.2, 0) is 22.3 Å². The number of carbonyl (C=O) groups excluding carboxylic acids is 2. The Bertz CT molecular complexity index is 852. The van der Waals surface area contributed by atoms with Gasteiger partial charge < -0.3 is 9.80 Å². The van der Waals surface area contributed by atoms with Gasteiger partial charge in [-0.3, -0.25) is 9.59 Å². The fraction of sp³-hybridized carbons (Fsp3) is 0.333. The van der Waals surface area contributed by atoms with E-state index in [2.05, 4.69) is 0 Å². The number of amides is 2. The zero-order valence-corrected chi connectivity index (χ0v) is 15.4. The lowest BCUT2D eigenvalue weighted by Crippen LogP contribution is -2.37. The molecule has 1 aliphatic rings. The van der Waals surface area contributed by atoms with E-state index in [1.54, 1.807) is 4.90 Å². The van der Waals surface area contributed by atoms with Gasteiger partial charge in [-0.2, -0.15) is 13.2 Å². The predicted molar refractivity (Wildman–Crippen MR) is 99.4 cm³/mol. The molecule has 2 aromatic carbocycles. The normalized spacial score (nSPS) is 17.1. The Labute approximate surface area is 161 Å². The number of benzene rings is 2. The van der Waals surface area contributed by atoms with Gasteiger partial charge in [0.05, 0.1) is 11.5 Å². The maximum absolute atomic E-state index is 13.0. The fourth-order valence-corrected chi connectivity index (χ4v) is 3.38. The third kappa shape index (κ3) is 4.35. The second kappa shape index (κ2) is 8.04. The molecule has 4 nitrogen and oxygen atoms in total. The van der Waals surface area contributed by atoms with Crippen LogP contribution in [0.5, 0.6) is 0 Å². The van der Waals surface area contributed by atoms with Crippen molar-refractivity contribution in [1.29, 1.82) is 0 Å². The van der Waals surface area contributed by atoms with Crippen molar-refractivity contribution in [1.82, 2.24) is 4.90 Å². The van der Waals surface area contributed by atoms with Crippen molar-refractivity contribution < 1.29 is 22.8 Å². The van der Waals surface area contributed by atoms with Crippen molar-refractivity contribution in [2.45, 2.75) is 26.1 Å². The Kier molecular flexibility index (Phi) is 5.72. The third-order valence-electron chi connectivity index (χ3n) is 4.87. The van der Waals surface area contributed by atoms with Crippen molar-refractivity contribution in [2.75, 3.05) is 18.0 Å². The smallest absolute Gasteiger partial charge is 0.338 e. The highest BCUT2D eigenvalue weighted by molar-refractivity contribution is 6.00. The van der Waals surface area contributed by atoms with Gasteiger partial charge in [-0.05, 0) is 30.7 Å². The van der Waals surface area contributed by atoms with Crippen LogP contribution in [0.25, 0.3) is 0 Å². The summed E-state index contributed by atoms with van der Waals surface area (Å²) < 4.78 is 38.9. The summed E-state index contributed by atoms with van der Waals surface area (Å²) in [6.45, 7) is 2.87. The Balaban J connectivity index is 1.74. The molecule has 0 bridgehead atoms. The predicted octanol–water partition coefficient (Wildman–Crippen LogP) is 4.11. The van der Waals surface area contributed by atoms with Gasteiger partial charge in [-0.15, -0.1) is 0 Å². The van der Waals surface area contributed by atoms with Gasteiger partial charge in [-0.1, -0.05) is 36.4 Å². The summed E-state index contributed by atoms with van der Waals surface area (Å²) in [5, 5.41) is 0. The number of hydrogen-bond donors (Lipinski definition) is 0. The van der Waals surface area contributed by atoms with Gasteiger partial charge in [-0.25, -0.2) is 0 Å². The maximum atomic E-state index is 13.0. The highest BCUT2D eigenvalue weighted by atomic mass is 19.4. The van der Waals surface area contributed by atoms with Gasteiger partial charge in [0.2, 0.25) is 11.8 Å². The molecular weight excluding hydrogens is 369 g/mol. The van der Waals surface area contributed by atoms with E-state index in [0.717, 1.165) is 17.7 Å². The summed E-state index contributed by atoms with van der Waals surface area (Å²) >= 11 is 0. The van der Waals surface area contributed by atoms with E-state index in [-0.39, 0.29) is 30.5 Å². The van der Waals surface area contributed by atoms with E-state index in [1.165, 1.54) is 17.0 Å². The first-order chi connectivity index (χ1) is 13.3. The molecule has 148 valence electrons. The minimum Gasteiger partial charge on any atom is -0.338 e. The first kappa shape index (κ1) is 19.9. The largest absolute Gasteiger partial charge is 0.416 e. The van der Waals surface area contributed by atoms with Crippen LogP contribution < -0.4 is 4.90 Å². The summed E-state index contributed by atoms with van der Waals surface area (Å²) in [4.78, 5) is 28.2. The lowest BCUT2D eigenvalue weighted by Gasteiger charge is -2.24. The second-order valence-corrected chi connectivity index (χ2v) is 6.79. The molecule has 0 aliphatic carbocycles. The number of halogens is 3. The fourth-order valence-electron chi connectivity index (χ4n) is 3.38. The van der Waals surface area contributed by atoms with Crippen LogP contribution in [0, 0.1) is 5.92 Å². The van der Waals surface area contributed by atoms with Crippen molar-refractivity contribution >= 4 is 17.5 Å². The summed E-state index contributed by atoms with van der Waals surface area (Å²) in [6.07, 6.45) is -4.48. The molecule has 0 aromatic heterocycles. The minimum atomic E-state index is -4.48. The van der Waals surface area contributed by atoms with Crippen molar-refractivity contribution in [3.8, 4) is 0 Å². The molecule has 1 atom stereocenters. The molecule has 0 spiro atoms. The van der Waals surface area contributed by atoms with E-state index >= 15 is 0 Å². The molecule has 0 radical (unpaired) electrons. The summed E-state index contributed by atoms with van der Waals surface area (Å²) in [7, 11) is 0. The lowest BCUT2D eigenvalue weighted by atomic mass is 10.1. The summed E-state index contributed by atoms with van der Waals surface area (Å²) in [5.41, 5.74) is 0.338. The van der Waals surface area contributed by atoms with Gasteiger partial charge in [0.1, 0.15) is 0 Å². The topological polar surface area (TPSA) is 40.6 Å². The number of rotatable bonds is 5. The number of alkyl halides is 3. The van der Waals surface area contributed by atoms with Crippen molar-refractivity contribution in [2.24, 2.45) is 5.92 Å². The van der Waals surface area contributed by atoms with E-state index in [0.29, 0.717) is 13.1 Å². The van der Waals surface area contributed by atoms with Gasteiger partial charge >= 0.3 is 6.18 Å². The number of nitrogens with zero attached hydrogens (tertiary/aromatic N) is 2. The molecule has 3 rings (SSSR count). The molecule has 0 saturated carbocycles. The highest BCUT2D eigenvalue weighted by Crippen LogP contribution is 2.33. The molecule has 1 saturated heterocycles. The Morgan fingerprint density at radius 3 is 2.50 bits per heavy atom. The standard InChI is InChI=1S/C21H21F3N2O2/c1-2-25(13-15-7-4-3-5-8-15)20(28)16-11-19(27)26(14-16)18-10-6-9-17(12-18)21(22,23)24/h3-10,12,16H,2,11,13-14H2,1H3. The van der Waals surface area contributed by atoms with Crippen molar-refractivity contribution in [3.05, 3.63) is 65.7 Å². The molecule has 1 aliphatic heterocycles. The molecule has 2 amide bonds. The maximum Gasteiger partial charge on any atom is 0.416 e. The number of anilines is 1. The SMILES string of the molecule is CCN(Cc1ccccc1)C(=O)C1CC(=O)N(c2cccc(C(F)(F)F)c2)C1. The zero-order chi connectivity index (χ0) is 20.3. The monoisotopic (exact) mass is 390 g/mol. The second-order valence-electron chi connectivity index (χ2n) is 6.79. The zero-order valence-electron chi connectivity index (χ0n) is 15.4. The van der Waals surface area contributed by atoms with Gasteiger partial charge in [0, 0.05) is 31.7 Å². The van der Waals surface area contributed by atoms with E-state index in [1.807, 2.05) is 37.3 Å². The van der Waals surface area contributed by atoms with Gasteiger partial charge in [0.15, 0.2) is 0 Å². The lowest BCUT2D eigenvalue weighted by molar-refractivity contribution is -0.137. The number of carbonyl (C=O) groups is 2. The van der Waals surface area contributed by atoms with Crippen LogP contribution in [-0.4, -0.2) is 29.8 Å². The average molecular weight is 390 g/mol.